The molecule has 0 saturated carbocycles. The lowest BCUT2D eigenvalue weighted by Gasteiger charge is -2.26. The summed E-state index contributed by atoms with van der Waals surface area (Å²) in [6, 6.07) is 0. The van der Waals surface area contributed by atoms with Gasteiger partial charge in [-0.25, -0.2) is 0 Å². The Labute approximate surface area is 601 Å². The SMILES string of the molecule is CC/C=C\C/C=C\C/C=C\C/C=C\C/C=C\C/C=C\C/C=C\CCCCCCCCCCCCCCCC(=O)OC(COC(=O)CCCCCCCCCCCCCCCCCCCCCCCCCCC/C=C\CCCCCCCCCC)COC(OCC[N+](C)(C)C)C(=O)[O-]. The molecule has 9 nitrogen and oxygen atoms in total. The van der Waals surface area contributed by atoms with Gasteiger partial charge in [-0.1, -0.05) is 374 Å². The summed E-state index contributed by atoms with van der Waals surface area (Å²) >= 11 is 0. The fraction of sp³-hybridized carbons (Fsp3) is 0.784. The number of carbonyl (C=O) groups is 3. The van der Waals surface area contributed by atoms with Crippen LogP contribution in [0.2, 0.25) is 0 Å². The van der Waals surface area contributed by atoms with Gasteiger partial charge in [0.15, 0.2) is 12.4 Å². The van der Waals surface area contributed by atoms with Gasteiger partial charge < -0.3 is 33.3 Å². The first-order chi connectivity index (χ1) is 47.6. The summed E-state index contributed by atoms with van der Waals surface area (Å²) in [4.78, 5) is 37.6. The molecule has 0 heterocycles. The molecule has 0 aliphatic carbocycles. The lowest BCUT2D eigenvalue weighted by atomic mass is 10.0. The van der Waals surface area contributed by atoms with Crippen LogP contribution < -0.4 is 5.11 Å². The van der Waals surface area contributed by atoms with Crippen LogP contribution in [0.15, 0.2) is 97.2 Å². The van der Waals surface area contributed by atoms with Crippen molar-refractivity contribution in [3.8, 4) is 0 Å². The smallest absolute Gasteiger partial charge is 0.306 e. The molecule has 0 bridgehead atoms. The molecule has 0 saturated heterocycles. The maximum atomic E-state index is 13.0. The van der Waals surface area contributed by atoms with Gasteiger partial charge in [0.25, 0.3) is 0 Å². The van der Waals surface area contributed by atoms with Gasteiger partial charge in [-0.15, -0.1) is 0 Å². The predicted octanol–water partition coefficient (Wildman–Crippen LogP) is 25.4. The summed E-state index contributed by atoms with van der Waals surface area (Å²) in [6.07, 6.45) is 105. The molecule has 0 N–H and O–H groups in total. The second-order valence-electron chi connectivity index (χ2n) is 29.0. The van der Waals surface area contributed by atoms with E-state index in [-0.39, 0.29) is 32.2 Å². The number of rotatable bonds is 77. The van der Waals surface area contributed by atoms with E-state index in [0.29, 0.717) is 23.9 Å². The first kappa shape index (κ1) is 93.2. The van der Waals surface area contributed by atoms with Crippen LogP contribution in [0.4, 0.5) is 0 Å². The minimum Gasteiger partial charge on any atom is -0.545 e. The molecule has 97 heavy (non-hydrogen) atoms. The standard InChI is InChI=1S/C88H157NO8/c1-6-8-10-12-14-16-18-20-22-24-26-28-30-32-34-36-38-40-42-43-45-46-48-50-52-54-56-58-60-62-64-66-68-70-72-74-76-78-85(90)95-82-84(83-96-88(87(92)93)94-81-80-89(3,4)5)97-86(91)79-77-75-73-71-69-67-65-63-61-59-57-55-53-51-49-47-44-41-39-37-35-33-31-29-27-25-23-21-19-17-15-13-11-9-7-2/h9,11,15,17,21,23-24,26-27,29,33,35,39,41,47,49,84,88H,6-8,10,12-14,16,18-20,22,25,28,30-32,34,36-38,40,42-46,48,50-83H2,1-5H3/b11-9-,17-15-,23-21-,26-24-,29-27-,35-33-,41-39-,49-47-. The van der Waals surface area contributed by atoms with Crippen molar-refractivity contribution >= 4 is 17.9 Å². The molecule has 0 aromatic rings. The summed E-state index contributed by atoms with van der Waals surface area (Å²) in [6.45, 7) is 4.68. The summed E-state index contributed by atoms with van der Waals surface area (Å²) in [7, 11) is 5.94. The minimum atomic E-state index is -1.63. The quantitative estimate of drug-likeness (QED) is 0.0195. The molecular weight excluding hydrogens is 1200 g/mol. The third-order valence-corrected chi connectivity index (χ3v) is 18.3. The van der Waals surface area contributed by atoms with E-state index in [4.69, 9.17) is 18.9 Å². The van der Waals surface area contributed by atoms with E-state index >= 15 is 0 Å². The number of allylic oxidation sites excluding steroid dienone is 16. The number of ether oxygens (including phenoxy) is 4. The number of aliphatic carboxylic acids is 1. The fourth-order valence-electron chi connectivity index (χ4n) is 12.0. The molecule has 0 aliphatic heterocycles. The second-order valence-corrected chi connectivity index (χ2v) is 29.0. The molecule has 0 aromatic heterocycles. The Bertz CT molecular complexity index is 1920. The summed E-state index contributed by atoms with van der Waals surface area (Å²) in [5, 5.41) is 11.9. The van der Waals surface area contributed by atoms with E-state index in [2.05, 4.69) is 111 Å². The molecule has 2 atom stereocenters. The lowest BCUT2D eigenvalue weighted by Crippen LogP contribution is -2.44. The highest BCUT2D eigenvalue weighted by Crippen LogP contribution is 2.19. The number of carbonyl (C=O) groups excluding carboxylic acids is 3. The van der Waals surface area contributed by atoms with Crippen LogP contribution in [0.3, 0.4) is 0 Å². The molecule has 2 unspecified atom stereocenters. The maximum Gasteiger partial charge on any atom is 0.306 e. The summed E-state index contributed by atoms with van der Waals surface area (Å²) in [5.74, 6) is -2.27. The van der Waals surface area contributed by atoms with Crippen LogP contribution in [-0.4, -0.2) is 82.3 Å². The Morgan fingerprint density at radius 3 is 0.887 bits per heavy atom. The van der Waals surface area contributed by atoms with E-state index in [0.717, 1.165) is 83.5 Å². The average molecular weight is 1360 g/mol. The van der Waals surface area contributed by atoms with Crippen LogP contribution in [0, 0.1) is 0 Å². The Hall–Kier alpha value is -3.79. The number of hydrogen-bond acceptors (Lipinski definition) is 8. The Kier molecular flexibility index (Phi) is 74.9. The van der Waals surface area contributed by atoms with Crippen LogP contribution in [0.25, 0.3) is 0 Å². The van der Waals surface area contributed by atoms with Gasteiger partial charge in [-0.3, -0.25) is 9.59 Å². The van der Waals surface area contributed by atoms with E-state index in [1.807, 2.05) is 21.1 Å². The molecule has 0 amide bonds. The molecule has 0 fully saturated rings. The van der Waals surface area contributed by atoms with Crippen LogP contribution in [-0.2, 0) is 33.3 Å². The van der Waals surface area contributed by atoms with E-state index in [1.54, 1.807) is 0 Å². The zero-order chi connectivity index (χ0) is 70.4. The van der Waals surface area contributed by atoms with Crippen molar-refractivity contribution in [2.24, 2.45) is 0 Å². The average Bonchev–Trinajstić information content (AvgIpc) is 3.74. The number of unbranched alkanes of at least 4 members (excludes halogenated alkanes) is 46. The summed E-state index contributed by atoms with van der Waals surface area (Å²) in [5.41, 5.74) is 0. The molecule has 0 radical (unpaired) electrons. The second kappa shape index (κ2) is 77.9. The monoisotopic (exact) mass is 1360 g/mol. The molecule has 9 heteroatoms. The molecule has 0 aliphatic rings. The van der Waals surface area contributed by atoms with Crippen molar-refractivity contribution in [3.05, 3.63) is 97.2 Å². The zero-order valence-corrected chi connectivity index (χ0v) is 64.4. The Balaban J connectivity index is 4.00. The maximum absolute atomic E-state index is 13.0. The Morgan fingerprint density at radius 2 is 0.588 bits per heavy atom. The van der Waals surface area contributed by atoms with Crippen LogP contribution in [0.1, 0.15) is 386 Å². The number of hydrogen-bond donors (Lipinski definition) is 0. The molecule has 562 valence electrons. The van der Waals surface area contributed by atoms with Gasteiger partial charge in [0.05, 0.1) is 40.3 Å². The van der Waals surface area contributed by atoms with Gasteiger partial charge in [0.1, 0.15) is 13.2 Å². The number of carboxylic acids is 1. The highest BCUT2D eigenvalue weighted by molar-refractivity contribution is 5.70. The normalized spacial score (nSPS) is 13.1. The van der Waals surface area contributed by atoms with Crippen molar-refractivity contribution < 1.29 is 42.9 Å². The number of carboxylic acid groups (broad SMARTS) is 1. The highest BCUT2D eigenvalue weighted by atomic mass is 16.7. The number of esters is 2. The van der Waals surface area contributed by atoms with Crippen molar-refractivity contribution in [1.29, 1.82) is 0 Å². The van der Waals surface area contributed by atoms with E-state index in [9.17, 15) is 19.5 Å². The molecule has 0 spiro atoms. The minimum absolute atomic E-state index is 0.146. The van der Waals surface area contributed by atoms with Gasteiger partial charge in [-0.05, 0) is 96.3 Å². The van der Waals surface area contributed by atoms with E-state index in [1.165, 1.54) is 270 Å². The lowest BCUT2D eigenvalue weighted by molar-refractivity contribution is -0.870. The van der Waals surface area contributed by atoms with Crippen molar-refractivity contribution in [1.82, 2.24) is 0 Å². The molecule has 0 aromatic carbocycles. The number of nitrogens with zero attached hydrogens (tertiary/aromatic N) is 1. The highest BCUT2D eigenvalue weighted by Gasteiger charge is 2.22. The van der Waals surface area contributed by atoms with Crippen molar-refractivity contribution in [3.63, 3.8) is 0 Å². The third-order valence-electron chi connectivity index (χ3n) is 18.3. The molecular formula is C88H157NO8. The first-order valence-corrected chi connectivity index (χ1v) is 41.4. The van der Waals surface area contributed by atoms with Gasteiger partial charge >= 0.3 is 11.9 Å². The first-order valence-electron chi connectivity index (χ1n) is 41.4. The van der Waals surface area contributed by atoms with Crippen LogP contribution >= 0.6 is 0 Å². The predicted molar refractivity (Wildman–Crippen MR) is 417 cm³/mol. The van der Waals surface area contributed by atoms with Gasteiger partial charge in [-0.2, -0.15) is 0 Å². The van der Waals surface area contributed by atoms with Crippen molar-refractivity contribution in [2.45, 2.75) is 399 Å². The Morgan fingerprint density at radius 1 is 0.320 bits per heavy atom. The zero-order valence-electron chi connectivity index (χ0n) is 64.4. The largest absolute Gasteiger partial charge is 0.545 e. The molecule has 0 rings (SSSR count). The van der Waals surface area contributed by atoms with E-state index < -0.39 is 24.3 Å². The van der Waals surface area contributed by atoms with Gasteiger partial charge in [0, 0.05) is 12.8 Å². The number of likely N-dealkylation sites (N-methyl/N-ethyl adjacent to an activating group) is 1. The summed E-state index contributed by atoms with van der Waals surface area (Å²) < 4.78 is 22.9. The van der Waals surface area contributed by atoms with Gasteiger partial charge in [0.2, 0.25) is 0 Å². The van der Waals surface area contributed by atoms with Crippen LogP contribution in [0.5, 0.6) is 0 Å². The van der Waals surface area contributed by atoms with Crippen molar-refractivity contribution in [2.75, 3.05) is 47.5 Å². The fourth-order valence-corrected chi connectivity index (χ4v) is 12.0. The third kappa shape index (κ3) is 79.4. The number of quaternary nitrogens is 1. The topological polar surface area (TPSA) is 111 Å².